The summed E-state index contributed by atoms with van der Waals surface area (Å²) < 4.78 is 0. The summed E-state index contributed by atoms with van der Waals surface area (Å²) in [6.45, 7) is 10.0. The van der Waals surface area contributed by atoms with E-state index in [1.54, 1.807) is 0 Å². The Hall–Kier alpha value is -2.58. The second kappa shape index (κ2) is 9.96. The van der Waals surface area contributed by atoms with Crippen molar-refractivity contribution in [2.45, 2.75) is 6.42 Å². The molecular weight excluding hydrogens is 208 g/mol. The predicted molar refractivity (Wildman–Crippen MR) is 64.1 cm³/mol. The molecule has 0 fully saturated rings. The highest BCUT2D eigenvalue weighted by Gasteiger charge is 1.92. The first-order valence-corrected chi connectivity index (χ1v) is 5.03. The van der Waals surface area contributed by atoms with Gasteiger partial charge in [-0.1, -0.05) is 60.7 Å². The van der Waals surface area contributed by atoms with Crippen LogP contribution in [0.25, 0.3) is 0 Å². The van der Waals surface area contributed by atoms with E-state index in [1.165, 1.54) is 11.1 Å². The van der Waals surface area contributed by atoms with E-state index in [9.17, 15) is 0 Å². The summed E-state index contributed by atoms with van der Waals surface area (Å²) in [7, 11) is 0. The maximum Gasteiger partial charge on any atom is -0.00258 e. The fourth-order valence-electron chi connectivity index (χ4n) is 1.43. The van der Waals surface area contributed by atoms with E-state index >= 15 is 0 Å². The highest BCUT2D eigenvalue weighted by atomic mass is 14.2. The van der Waals surface area contributed by atoms with Crippen LogP contribution in [-0.2, 0) is 6.42 Å². The third-order valence-electron chi connectivity index (χ3n) is 2.09. The molecule has 0 saturated heterocycles. The number of rotatable bonds is 2. The Bertz CT molecular complexity index is 386. The van der Waals surface area contributed by atoms with E-state index < -0.39 is 0 Å². The van der Waals surface area contributed by atoms with Gasteiger partial charge in [-0.25, -0.2) is 13.1 Å². The maximum atomic E-state index is 5.00. The van der Waals surface area contributed by atoms with Gasteiger partial charge in [-0.15, -0.1) is 0 Å². The summed E-state index contributed by atoms with van der Waals surface area (Å²) in [5, 5.41) is 10.0. The van der Waals surface area contributed by atoms with Gasteiger partial charge in [0.25, 0.3) is 0 Å². The highest BCUT2D eigenvalue weighted by Crippen LogP contribution is 2.07. The summed E-state index contributed by atoms with van der Waals surface area (Å²) in [5.41, 5.74) is 2.74. The lowest BCUT2D eigenvalue weighted by atomic mass is 10.1. The zero-order valence-corrected chi connectivity index (χ0v) is 9.48. The molecule has 0 bridgehead atoms. The Kier molecular flexibility index (Phi) is 8.44. The molecule has 0 aliphatic heterocycles. The lowest BCUT2D eigenvalue weighted by molar-refractivity contribution is -0.100. The monoisotopic (exact) mass is 222 g/mol. The van der Waals surface area contributed by atoms with Crippen molar-refractivity contribution in [3.8, 4) is 0 Å². The van der Waals surface area contributed by atoms with Crippen LogP contribution in [-0.4, -0.2) is 0 Å². The molecule has 0 spiro atoms. The Morgan fingerprint density at radius 1 is 0.588 bits per heavy atom. The third-order valence-corrected chi connectivity index (χ3v) is 2.09. The van der Waals surface area contributed by atoms with E-state index in [0.29, 0.717) is 0 Å². The standard InChI is InChI=1S/C13H12.2CHN/c1-3-7-12(8-4-1)11-13-9-5-2-6-10-13;2*1-2/h1-10H,11H2;2*2H. The molecule has 0 amide bonds. The summed E-state index contributed by atoms with van der Waals surface area (Å²) in [6, 6.07) is 21.1. The Balaban J connectivity index is 0.000000581. The Labute approximate surface area is 102 Å². The van der Waals surface area contributed by atoms with Gasteiger partial charge in [-0.2, -0.15) is 0 Å². The first-order valence-electron chi connectivity index (χ1n) is 5.03. The number of benzene rings is 2. The summed E-state index contributed by atoms with van der Waals surface area (Å²) in [6.07, 6.45) is 1.03. The van der Waals surface area contributed by atoms with Crippen molar-refractivity contribution in [3.63, 3.8) is 0 Å². The zero-order valence-electron chi connectivity index (χ0n) is 9.48. The van der Waals surface area contributed by atoms with Gasteiger partial charge in [0.1, 0.15) is 0 Å². The first-order chi connectivity index (χ1) is 8.45. The van der Waals surface area contributed by atoms with E-state index in [4.69, 9.17) is 23.7 Å². The van der Waals surface area contributed by atoms with Gasteiger partial charge in [-0.3, -0.25) is 0 Å². The van der Waals surface area contributed by atoms with E-state index in [1.807, 2.05) is 0 Å². The van der Waals surface area contributed by atoms with Crippen molar-refractivity contribution in [1.29, 1.82) is 0 Å². The maximum absolute atomic E-state index is 5.00. The topological polar surface area (TPSA) is 47.6 Å². The van der Waals surface area contributed by atoms with Gasteiger partial charge in [-0.05, 0) is 17.5 Å². The molecule has 84 valence electrons. The van der Waals surface area contributed by atoms with Gasteiger partial charge < -0.3 is 10.5 Å². The van der Waals surface area contributed by atoms with E-state index in [-0.39, 0.29) is 0 Å². The minimum Gasteiger partial charge on any atom is -0.335 e. The Morgan fingerprint density at radius 3 is 1.18 bits per heavy atom. The minimum atomic E-state index is 1.03. The SMILES string of the molecule is [C-]#[NH+].[C-]#[NH+].c1ccc(Cc2ccccc2)cc1. The molecule has 2 nitrogen and oxygen atoms in total. The average molecular weight is 222 g/mol. The van der Waals surface area contributed by atoms with Gasteiger partial charge in [0.05, 0.1) is 0 Å². The van der Waals surface area contributed by atoms with Gasteiger partial charge >= 0.3 is 0 Å². The van der Waals surface area contributed by atoms with Crippen LogP contribution in [0.5, 0.6) is 0 Å². The van der Waals surface area contributed by atoms with Gasteiger partial charge in [0, 0.05) is 0 Å². The molecule has 0 atom stereocenters. The van der Waals surface area contributed by atoms with E-state index in [0.717, 1.165) is 6.42 Å². The largest absolute Gasteiger partial charge is 0.335 e. The van der Waals surface area contributed by atoms with Crippen LogP contribution in [0.15, 0.2) is 60.7 Å². The molecule has 0 unspecified atom stereocenters. The summed E-state index contributed by atoms with van der Waals surface area (Å²) in [4.78, 5) is 0. The molecule has 0 aliphatic carbocycles. The molecular formula is C15H14N2. The van der Waals surface area contributed by atoms with Crippen LogP contribution in [0.1, 0.15) is 11.1 Å². The van der Waals surface area contributed by atoms with Crippen LogP contribution in [0, 0.1) is 13.1 Å². The molecule has 0 heterocycles. The molecule has 2 rings (SSSR count). The molecule has 17 heavy (non-hydrogen) atoms. The zero-order chi connectivity index (χ0) is 12.9. The van der Waals surface area contributed by atoms with Crippen LogP contribution in [0.4, 0.5) is 0 Å². The van der Waals surface area contributed by atoms with Crippen molar-refractivity contribution in [1.82, 2.24) is 0 Å². The minimum absolute atomic E-state index is 1.03. The summed E-state index contributed by atoms with van der Waals surface area (Å²) >= 11 is 0. The fourth-order valence-corrected chi connectivity index (χ4v) is 1.43. The number of nitrogens with one attached hydrogen (secondary N) is 2. The van der Waals surface area contributed by atoms with E-state index in [2.05, 4.69) is 60.7 Å². The second-order valence-corrected chi connectivity index (χ2v) is 3.15. The van der Waals surface area contributed by atoms with Crippen molar-refractivity contribution in [2.24, 2.45) is 0 Å². The van der Waals surface area contributed by atoms with Crippen LogP contribution < -0.4 is 10.5 Å². The molecule has 2 aromatic rings. The van der Waals surface area contributed by atoms with Crippen molar-refractivity contribution >= 4 is 0 Å². The first kappa shape index (κ1) is 14.4. The third kappa shape index (κ3) is 5.77. The van der Waals surface area contributed by atoms with Crippen LogP contribution in [0.3, 0.4) is 0 Å². The molecule has 0 radical (unpaired) electrons. The molecule has 2 aromatic carbocycles. The second-order valence-electron chi connectivity index (χ2n) is 3.15. The molecule has 0 aliphatic rings. The smallest absolute Gasteiger partial charge is 0.00258 e. The quantitative estimate of drug-likeness (QED) is 0.670. The number of hydrogen-bond acceptors (Lipinski definition) is 0. The normalized spacial score (nSPS) is 7.76. The molecule has 2 heteroatoms. The number of hydrogen-bond donors (Lipinski definition) is 2. The predicted octanol–water partition coefficient (Wildman–Crippen LogP) is -0.0316. The van der Waals surface area contributed by atoms with Crippen molar-refractivity contribution in [2.75, 3.05) is 0 Å². The summed E-state index contributed by atoms with van der Waals surface area (Å²) in [5.74, 6) is 0. The Morgan fingerprint density at radius 2 is 0.882 bits per heavy atom. The van der Waals surface area contributed by atoms with Crippen LogP contribution >= 0.6 is 0 Å². The molecule has 0 aromatic heterocycles. The van der Waals surface area contributed by atoms with Gasteiger partial charge in [0.2, 0.25) is 0 Å². The fraction of sp³-hybridized carbons (Fsp3) is 0.0667. The average Bonchev–Trinajstić information content (AvgIpc) is 2.45. The molecule has 2 N–H and O–H groups in total. The van der Waals surface area contributed by atoms with Crippen LogP contribution in [0.2, 0.25) is 0 Å². The lowest BCUT2D eigenvalue weighted by Gasteiger charge is -2.00. The highest BCUT2D eigenvalue weighted by molar-refractivity contribution is 5.25. The lowest BCUT2D eigenvalue weighted by Crippen LogP contribution is -2.10. The van der Waals surface area contributed by atoms with Crippen molar-refractivity contribution < 1.29 is 10.5 Å². The molecule has 0 saturated carbocycles. The van der Waals surface area contributed by atoms with Gasteiger partial charge in [0.15, 0.2) is 0 Å². The van der Waals surface area contributed by atoms with Crippen molar-refractivity contribution in [3.05, 3.63) is 84.9 Å².